The number of sulfonamides is 1. The molecule has 106 valence electrons. The van der Waals surface area contributed by atoms with Crippen molar-refractivity contribution in [3.63, 3.8) is 0 Å². The van der Waals surface area contributed by atoms with Crippen molar-refractivity contribution in [3.05, 3.63) is 0 Å². The lowest BCUT2D eigenvalue weighted by Gasteiger charge is -2.32. The Balaban J connectivity index is 2.53. The van der Waals surface area contributed by atoms with Gasteiger partial charge in [-0.05, 0) is 18.8 Å². The minimum absolute atomic E-state index is 0.0205. The number of nitrogens with zero attached hydrogens (tertiary/aromatic N) is 1. The predicted octanol–water partition coefficient (Wildman–Crippen LogP) is -0.0615. The van der Waals surface area contributed by atoms with E-state index in [1.807, 2.05) is 6.92 Å². The SMILES string of the molecule is COCC(C)CC(=O)N1CCCC(S(N)(=O)=O)C1. The van der Waals surface area contributed by atoms with Crippen molar-refractivity contribution < 1.29 is 17.9 Å². The highest BCUT2D eigenvalue weighted by atomic mass is 32.2. The zero-order chi connectivity index (χ0) is 13.8. The number of hydrogen-bond acceptors (Lipinski definition) is 4. The van der Waals surface area contributed by atoms with Crippen molar-refractivity contribution >= 4 is 15.9 Å². The van der Waals surface area contributed by atoms with E-state index in [0.717, 1.165) is 0 Å². The number of primary sulfonamides is 1. The monoisotopic (exact) mass is 278 g/mol. The molecule has 1 heterocycles. The second kappa shape index (κ2) is 6.49. The number of methoxy groups -OCH3 is 1. The molecule has 0 aromatic rings. The van der Waals surface area contributed by atoms with Crippen LogP contribution in [0.5, 0.6) is 0 Å². The Morgan fingerprint density at radius 1 is 1.56 bits per heavy atom. The number of rotatable bonds is 5. The lowest BCUT2D eigenvalue weighted by molar-refractivity contribution is -0.133. The molecule has 2 N–H and O–H groups in total. The molecule has 0 spiro atoms. The summed E-state index contributed by atoms with van der Waals surface area (Å²) in [5.41, 5.74) is 0. The number of carbonyl (C=O) groups is 1. The standard InChI is InChI=1S/C11H22N2O4S/c1-9(8-17-2)6-11(14)13-5-3-4-10(7-13)18(12,15)16/h9-10H,3-8H2,1-2H3,(H2,12,15,16). The molecule has 0 aromatic carbocycles. The molecule has 7 heteroatoms. The van der Waals surface area contributed by atoms with E-state index in [-0.39, 0.29) is 18.4 Å². The molecule has 6 nitrogen and oxygen atoms in total. The number of piperidine rings is 1. The quantitative estimate of drug-likeness (QED) is 0.763. The van der Waals surface area contributed by atoms with Gasteiger partial charge in [-0.2, -0.15) is 0 Å². The topological polar surface area (TPSA) is 89.7 Å². The fourth-order valence-corrected chi connectivity index (χ4v) is 3.09. The van der Waals surface area contributed by atoms with Gasteiger partial charge in [-0.1, -0.05) is 6.92 Å². The Kier molecular flexibility index (Phi) is 5.55. The molecule has 1 aliphatic heterocycles. The van der Waals surface area contributed by atoms with Crippen molar-refractivity contribution in [1.82, 2.24) is 4.90 Å². The first kappa shape index (κ1) is 15.4. The summed E-state index contributed by atoms with van der Waals surface area (Å²) in [4.78, 5) is 13.6. The molecular weight excluding hydrogens is 256 g/mol. The Labute approximate surface area is 109 Å². The van der Waals surface area contributed by atoms with E-state index in [1.54, 1.807) is 12.0 Å². The van der Waals surface area contributed by atoms with Crippen LogP contribution in [0.3, 0.4) is 0 Å². The van der Waals surface area contributed by atoms with Gasteiger partial charge in [-0.25, -0.2) is 13.6 Å². The predicted molar refractivity (Wildman–Crippen MR) is 68.4 cm³/mol. The minimum atomic E-state index is -3.55. The third-order valence-corrected chi connectivity index (χ3v) is 4.48. The molecule has 1 amide bonds. The number of carbonyl (C=O) groups excluding carboxylic acids is 1. The lowest BCUT2D eigenvalue weighted by atomic mass is 10.1. The minimum Gasteiger partial charge on any atom is -0.384 e. The van der Waals surface area contributed by atoms with Gasteiger partial charge in [0.05, 0.1) is 5.25 Å². The van der Waals surface area contributed by atoms with Crippen LogP contribution >= 0.6 is 0 Å². The molecule has 0 saturated carbocycles. The van der Waals surface area contributed by atoms with Crippen LogP contribution in [-0.4, -0.2) is 51.3 Å². The summed E-state index contributed by atoms with van der Waals surface area (Å²) in [6, 6.07) is 0. The first-order valence-corrected chi connectivity index (χ1v) is 7.74. The third kappa shape index (κ3) is 4.55. The van der Waals surface area contributed by atoms with Gasteiger partial charge in [-0.15, -0.1) is 0 Å². The summed E-state index contributed by atoms with van der Waals surface area (Å²) in [7, 11) is -1.95. The third-order valence-electron chi connectivity index (χ3n) is 3.17. The van der Waals surface area contributed by atoms with Gasteiger partial charge in [-0.3, -0.25) is 4.79 Å². The first-order chi connectivity index (χ1) is 8.34. The van der Waals surface area contributed by atoms with Gasteiger partial charge in [0.25, 0.3) is 0 Å². The fourth-order valence-electron chi connectivity index (χ4n) is 2.20. The molecular formula is C11H22N2O4S. The number of hydrogen-bond donors (Lipinski definition) is 1. The van der Waals surface area contributed by atoms with Crippen LogP contribution in [0.25, 0.3) is 0 Å². The van der Waals surface area contributed by atoms with Gasteiger partial charge < -0.3 is 9.64 Å². The number of likely N-dealkylation sites (tertiary alicyclic amines) is 1. The molecule has 1 saturated heterocycles. The first-order valence-electron chi connectivity index (χ1n) is 6.13. The zero-order valence-electron chi connectivity index (χ0n) is 11.0. The Hall–Kier alpha value is -0.660. The van der Waals surface area contributed by atoms with Crippen LogP contribution in [0.15, 0.2) is 0 Å². The van der Waals surface area contributed by atoms with E-state index < -0.39 is 15.3 Å². The Morgan fingerprint density at radius 2 is 2.22 bits per heavy atom. The van der Waals surface area contributed by atoms with E-state index in [9.17, 15) is 13.2 Å². The maximum atomic E-state index is 12.0. The van der Waals surface area contributed by atoms with Crippen LogP contribution in [0.1, 0.15) is 26.2 Å². The molecule has 1 aliphatic rings. The van der Waals surface area contributed by atoms with Crippen molar-refractivity contribution in [2.75, 3.05) is 26.8 Å². The summed E-state index contributed by atoms with van der Waals surface area (Å²) in [5.74, 6) is 0.116. The smallest absolute Gasteiger partial charge is 0.222 e. The maximum Gasteiger partial charge on any atom is 0.222 e. The Morgan fingerprint density at radius 3 is 2.78 bits per heavy atom. The molecule has 2 atom stereocenters. The fraction of sp³-hybridized carbons (Fsp3) is 0.909. The molecule has 0 radical (unpaired) electrons. The highest BCUT2D eigenvalue weighted by Gasteiger charge is 2.30. The van der Waals surface area contributed by atoms with E-state index in [1.165, 1.54) is 0 Å². The number of ether oxygens (including phenoxy) is 1. The van der Waals surface area contributed by atoms with Gasteiger partial charge in [0.2, 0.25) is 15.9 Å². The second-order valence-corrected chi connectivity index (χ2v) is 6.80. The van der Waals surface area contributed by atoms with E-state index in [4.69, 9.17) is 9.88 Å². The van der Waals surface area contributed by atoms with E-state index in [2.05, 4.69) is 0 Å². The maximum absolute atomic E-state index is 12.0. The molecule has 0 aromatic heterocycles. The summed E-state index contributed by atoms with van der Waals surface area (Å²) in [5, 5.41) is 4.52. The van der Waals surface area contributed by atoms with Crippen molar-refractivity contribution in [3.8, 4) is 0 Å². The lowest BCUT2D eigenvalue weighted by Crippen LogP contribution is -2.47. The second-order valence-electron chi connectivity index (χ2n) is 4.96. The summed E-state index contributed by atoms with van der Waals surface area (Å²) in [6.07, 6.45) is 1.60. The molecule has 0 aliphatic carbocycles. The van der Waals surface area contributed by atoms with Crippen LogP contribution in [-0.2, 0) is 19.6 Å². The van der Waals surface area contributed by atoms with Crippen molar-refractivity contribution in [2.45, 2.75) is 31.4 Å². The molecule has 0 bridgehead atoms. The highest BCUT2D eigenvalue weighted by molar-refractivity contribution is 7.89. The molecule has 2 unspecified atom stereocenters. The van der Waals surface area contributed by atoms with Crippen LogP contribution in [0.2, 0.25) is 0 Å². The summed E-state index contributed by atoms with van der Waals surface area (Å²) >= 11 is 0. The van der Waals surface area contributed by atoms with Crippen molar-refractivity contribution in [1.29, 1.82) is 0 Å². The largest absolute Gasteiger partial charge is 0.384 e. The summed E-state index contributed by atoms with van der Waals surface area (Å²) < 4.78 is 27.6. The van der Waals surface area contributed by atoms with Gasteiger partial charge >= 0.3 is 0 Å². The van der Waals surface area contributed by atoms with Crippen LogP contribution < -0.4 is 5.14 Å². The van der Waals surface area contributed by atoms with Crippen molar-refractivity contribution in [2.24, 2.45) is 11.1 Å². The van der Waals surface area contributed by atoms with Gasteiger partial charge in [0.1, 0.15) is 0 Å². The molecule has 18 heavy (non-hydrogen) atoms. The molecule has 1 rings (SSSR count). The van der Waals surface area contributed by atoms with Crippen LogP contribution in [0.4, 0.5) is 0 Å². The van der Waals surface area contributed by atoms with E-state index in [0.29, 0.717) is 32.4 Å². The van der Waals surface area contributed by atoms with Crippen LogP contribution in [0, 0.1) is 5.92 Å². The average Bonchev–Trinajstić information content (AvgIpc) is 2.28. The van der Waals surface area contributed by atoms with Gasteiger partial charge in [0, 0.05) is 33.2 Å². The van der Waals surface area contributed by atoms with E-state index >= 15 is 0 Å². The summed E-state index contributed by atoms with van der Waals surface area (Å²) in [6.45, 7) is 3.29. The number of amides is 1. The number of nitrogens with two attached hydrogens (primary N) is 1. The normalized spacial score (nSPS) is 22.8. The molecule has 1 fully saturated rings. The van der Waals surface area contributed by atoms with Gasteiger partial charge in [0.15, 0.2) is 0 Å². The Bertz CT molecular complexity index is 383. The zero-order valence-corrected chi connectivity index (χ0v) is 11.8. The highest BCUT2D eigenvalue weighted by Crippen LogP contribution is 2.17. The average molecular weight is 278 g/mol.